The number of hydrogen-bond donors (Lipinski definition) is 0. The van der Waals surface area contributed by atoms with Crippen molar-refractivity contribution in [3.05, 3.63) is 69.8 Å². The maximum absolute atomic E-state index is 13.6. The van der Waals surface area contributed by atoms with E-state index in [1.54, 1.807) is 20.2 Å². The maximum Gasteiger partial charge on any atom is 0.276 e. The molecule has 2 aromatic rings. The van der Waals surface area contributed by atoms with Crippen LogP contribution in [0.25, 0.3) is 0 Å². The van der Waals surface area contributed by atoms with Crippen molar-refractivity contribution in [2.45, 2.75) is 37.8 Å². The molecule has 0 aliphatic carbocycles. The van der Waals surface area contributed by atoms with Gasteiger partial charge in [-0.2, -0.15) is 0 Å². The third-order valence-corrected chi connectivity index (χ3v) is 6.29. The molecule has 8 nitrogen and oxygen atoms in total. The van der Waals surface area contributed by atoms with Crippen LogP contribution in [0.4, 0.5) is 5.69 Å². The number of methoxy groups -OCH3 is 1. The second kappa shape index (κ2) is 8.75. The Morgan fingerprint density at radius 1 is 1.10 bits per heavy atom. The first kappa shape index (κ1) is 22.3. The molecule has 2 atom stereocenters. The summed E-state index contributed by atoms with van der Waals surface area (Å²) in [7, 11) is 4.66. The van der Waals surface area contributed by atoms with Crippen LogP contribution in [0, 0.1) is 10.1 Å². The number of likely N-dealkylation sites (N-methyl/N-ethyl adjacent to an activating group) is 2. The van der Waals surface area contributed by atoms with E-state index in [0.717, 1.165) is 5.56 Å². The van der Waals surface area contributed by atoms with Gasteiger partial charge in [0.2, 0.25) is 11.8 Å². The second-order valence-corrected chi connectivity index (χ2v) is 7.80. The van der Waals surface area contributed by atoms with Crippen LogP contribution >= 0.6 is 0 Å². The van der Waals surface area contributed by atoms with Gasteiger partial charge in [0, 0.05) is 33.0 Å². The summed E-state index contributed by atoms with van der Waals surface area (Å²) in [6.07, 6.45) is 0.850. The molecule has 0 aromatic heterocycles. The zero-order chi connectivity index (χ0) is 22.8. The topological polar surface area (TPSA) is 93.0 Å². The minimum absolute atomic E-state index is 0.00310. The third kappa shape index (κ3) is 3.85. The quantitative estimate of drug-likeness (QED) is 0.502. The molecule has 1 aliphatic heterocycles. The number of hydrogen-bond acceptors (Lipinski definition) is 5. The molecule has 0 N–H and O–H groups in total. The largest absolute Gasteiger partial charge is 0.496 e. The molecule has 0 saturated carbocycles. The van der Waals surface area contributed by atoms with Crippen molar-refractivity contribution in [3.63, 3.8) is 0 Å². The van der Waals surface area contributed by atoms with Gasteiger partial charge in [-0.1, -0.05) is 43.3 Å². The molecule has 1 fully saturated rings. The Hall–Kier alpha value is -3.42. The fraction of sp³-hybridized carbons (Fsp3) is 0.391. The van der Waals surface area contributed by atoms with E-state index in [1.165, 1.54) is 29.0 Å². The van der Waals surface area contributed by atoms with Crippen molar-refractivity contribution in [2.75, 3.05) is 21.2 Å². The Labute approximate surface area is 181 Å². The molecule has 164 valence electrons. The standard InChI is InChI=1S/C23H27N3O5/c1-5-23(15-16-10-7-6-8-11-16)22(28)24(2)19(21(27)25(23)3)14-17-18(26(29)30)12-9-13-20(17)31-4/h6-13,19H,5,14-15H2,1-4H3. The van der Waals surface area contributed by atoms with Gasteiger partial charge in [0.05, 0.1) is 17.6 Å². The SMILES string of the molecule is CCC1(Cc2ccccc2)C(=O)N(C)C(Cc2c(OC)cccc2[N+](=O)[O-])C(=O)N1C. The number of benzene rings is 2. The van der Waals surface area contributed by atoms with Gasteiger partial charge in [0.1, 0.15) is 17.3 Å². The Kier molecular flexibility index (Phi) is 6.29. The van der Waals surface area contributed by atoms with Crippen molar-refractivity contribution in [2.24, 2.45) is 0 Å². The van der Waals surface area contributed by atoms with Gasteiger partial charge in [-0.15, -0.1) is 0 Å². The van der Waals surface area contributed by atoms with Gasteiger partial charge in [-0.05, 0) is 18.1 Å². The molecule has 1 saturated heterocycles. The first-order valence-corrected chi connectivity index (χ1v) is 10.2. The molecule has 0 spiro atoms. The van der Waals surface area contributed by atoms with E-state index in [9.17, 15) is 19.7 Å². The average Bonchev–Trinajstić information content (AvgIpc) is 2.78. The second-order valence-electron chi connectivity index (χ2n) is 7.80. The highest BCUT2D eigenvalue weighted by atomic mass is 16.6. The van der Waals surface area contributed by atoms with Crippen molar-refractivity contribution < 1.29 is 19.2 Å². The number of nitrogens with zero attached hydrogens (tertiary/aromatic N) is 3. The van der Waals surface area contributed by atoms with E-state index < -0.39 is 16.5 Å². The van der Waals surface area contributed by atoms with Crippen molar-refractivity contribution in [3.8, 4) is 5.75 Å². The first-order chi connectivity index (χ1) is 14.8. The highest BCUT2D eigenvalue weighted by Gasteiger charge is 2.52. The van der Waals surface area contributed by atoms with Crippen LogP contribution in [0.2, 0.25) is 0 Å². The lowest BCUT2D eigenvalue weighted by Crippen LogP contribution is -2.70. The molecule has 2 unspecified atom stereocenters. The molecular weight excluding hydrogens is 398 g/mol. The third-order valence-electron chi connectivity index (χ3n) is 6.29. The summed E-state index contributed by atoms with van der Waals surface area (Å²) < 4.78 is 5.31. The Morgan fingerprint density at radius 2 is 1.77 bits per heavy atom. The Bertz CT molecular complexity index is 994. The summed E-state index contributed by atoms with van der Waals surface area (Å²) in [5.41, 5.74) is 0.126. The number of rotatable bonds is 7. The van der Waals surface area contributed by atoms with Crippen LogP contribution in [0.1, 0.15) is 24.5 Å². The zero-order valence-electron chi connectivity index (χ0n) is 18.2. The van der Waals surface area contributed by atoms with Gasteiger partial charge < -0.3 is 14.5 Å². The summed E-state index contributed by atoms with van der Waals surface area (Å²) >= 11 is 0. The van der Waals surface area contributed by atoms with E-state index in [4.69, 9.17) is 4.74 Å². The molecule has 31 heavy (non-hydrogen) atoms. The number of piperazine rings is 1. The zero-order valence-corrected chi connectivity index (χ0v) is 18.2. The lowest BCUT2D eigenvalue weighted by molar-refractivity contribution is -0.385. The fourth-order valence-corrected chi connectivity index (χ4v) is 4.39. The van der Waals surface area contributed by atoms with Crippen LogP contribution in [-0.4, -0.2) is 59.3 Å². The first-order valence-electron chi connectivity index (χ1n) is 10.2. The molecule has 1 heterocycles. The Morgan fingerprint density at radius 3 is 2.35 bits per heavy atom. The molecule has 8 heteroatoms. The van der Waals surface area contributed by atoms with Crippen molar-refractivity contribution in [1.29, 1.82) is 0 Å². The highest BCUT2D eigenvalue weighted by molar-refractivity contribution is 6.00. The summed E-state index contributed by atoms with van der Waals surface area (Å²) in [6, 6.07) is 13.3. The van der Waals surface area contributed by atoms with E-state index >= 15 is 0 Å². The molecular formula is C23H27N3O5. The number of amides is 2. The number of carbonyl (C=O) groups excluding carboxylic acids is 2. The number of carbonyl (C=O) groups is 2. The van der Waals surface area contributed by atoms with Gasteiger partial charge >= 0.3 is 0 Å². The van der Waals surface area contributed by atoms with Crippen molar-refractivity contribution >= 4 is 17.5 Å². The molecule has 0 bridgehead atoms. The minimum atomic E-state index is -1.00. The van der Waals surface area contributed by atoms with Crippen LogP contribution < -0.4 is 4.74 Å². The number of nitro benzene ring substituents is 1. The monoisotopic (exact) mass is 425 g/mol. The minimum Gasteiger partial charge on any atom is -0.496 e. The lowest BCUT2D eigenvalue weighted by Gasteiger charge is -2.50. The summed E-state index contributed by atoms with van der Waals surface area (Å²) in [4.78, 5) is 41.0. The van der Waals surface area contributed by atoms with E-state index in [-0.39, 0.29) is 23.9 Å². The van der Waals surface area contributed by atoms with Gasteiger partial charge in [0.25, 0.3) is 5.69 Å². The van der Waals surface area contributed by atoms with Crippen LogP contribution in [0.3, 0.4) is 0 Å². The fourth-order valence-electron chi connectivity index (χ4n) is 4.39. The van der Waals surface area contributed by atoms with Crippen LogP contribution in [0.5, 0.6) is 5.75 Å². The molecule has 2 amide bonds. The smallest absolute Gasteiger partial charge is 0.276 e. The predicted octanol–water partition coefficient (Wildman–Crippen LogP) is 2.84. The predicted molar refractivity (Wildman–Crippen MR) is 116 cm³/mol. The molecule has 0 radical (unpaired) electrons. The van der Waals surface area contributed by atoms with Crippen LogP contribution in [0.15, 0.2) is 48.5 Å². The number of nitro groups is 1. The van der Waals surface area contributed by atoms with E-state index in [1.807, 2.05) is 37.3 Å². The Balaban J connectivity index is 1.98. The summed E-state index contributed by atoms with van der Waals surface area (Å²) in [6.45, 7) is 1.89. The van der Waals surface area contributed by atoms with Crippen molar-refractivity contribution in [1.82, 2.24) is 9.80 Å². The van der Waals surface area contributed by atoms with Gasteiger partial charge in [-0.3, -0.25) is 19.7 Å². The van der Waals surface area contributed by atoms with Gasteiger partial charge in [-0.25, -0.2) is 0 Å². The van der Waals surface area contributed by atoms with E-state index in [0.29, 0.717) is 24.2 Å². The maximum atomic E-state index is 13.6. The number of ether oxygens (including phenoxy) is 1. The molecule has 2 aromatic carbocycles. The molecule has 1 aliphatic rings. The lowest BCUT2D eigenvalue weighted by atomic mass is 9.81. The normalized spacial score (nSPS) is 21.4. The van der Waals surface area contributed by atoms with Crippen LogP contribution in [-0.2, 0) is 22.4 Å². The summed E-state index contributed by atoms with van der Waals surface area (Å²) in [5, 5.41) is 11.6. The van der Waals surface area contributed by atoms with E-state index in [2.05, 4.69) is 0 Å². The highest BCUT2D eigenvalue weighted by Crippen LogP contribution is 2.36. The molecule has 3 rings (SSSR count). The van der Waals surface area contributed by atoms with Gasteiger partial charge in [0.15, 0.2) is 0 Å². The summed E-state index contributed by atoms with van der Waals surface area (Å²) in [5.74, 6) is -0.106. The average molecular weight is 425 g/mol.